The van der Waals surface area contributed by atoms with E-state index >= 15 is 0 Å². The van der Waals surface area contributed by atoms with E-state index in [1.54, 1.807) is 6.92 Å². The van der Waals surface area contributed by atoms with E-state index in [0.717, 1.165) is 32.1 Å². The number of phosphoric acid groups is 1. The molecule has 0 aliphatic carbocycles. The molecule has 0 saturated heterocycles. The van der Waals surface area contributed by atoms with E-state index < -0.39 is 20.2 Å². The van der Waals surface area contributed by atoms with Crippen LogP contribution < -0.4 is 5.32 Å². The second-order valence-electron chi connectivity index (χ2n) is 11.3. The number of amides is 1. The minimum absolute atomic E-state index is 0.0728. The zero-order valence-corrected chi connectivity index (χ0v) is 25.9. The van der Waals surface area contributed by atoms with Crippen molar-refractivity contribution in [3.05, 3.63) is 0 Å². The molecule has 8 nitrogen and oxygen atoms in total. The average Bonchev–Trinajstić information content (AvgIpc) is 2.80. The van der Waals surface area contributed by atoms with Crippen molar-refractivity contribution in [3.63, 3.8) is 0 Å². The highest BCUT2D eigenvalue weighted by atomic mass is 31.2. The third-order valence-corrected chi connectivity index (χ3v) is 7.38. The quantitative estimate of drug-likeness (QED) is 0.0523. The number of hydrogen-bond acceptors (Lipinski definition) is 5. The molecule has 0 aliphatic heterocycles. The van der Waals surface area contributed by atoms with E-state index in [0.29, 0.717) is 24.1 Å². The highest BCUT2D eigenvalue weighted by Gasteiger charge is 2.32. The van der Waals surface area contributed by atoms with Gasteiger partial charge in [0.15, 0.2) is 6.23 Å². The molecular formula is C28H60N2O6P+. The number of quaternary nitrogens is 1. The summed E-state index contributed by atoms with van der Waals surface area (Å²) in [6, 6.07) is 0. The zero-order chi connectivity index (χ0) is 28.0. The average molecular weight is 552 g/mol. The molecule has 3 unspecified atom stereocenters. The van der Waals surface area contributed by atoms with E-state index in [9.17, 15) is 14.3 Å². The maximum absolute atomic E-state index is 12.6. The van der Waals surface area contributed by atoms with Crippen molar-refractivity contribution in [1.82, 2.24) is 5.32 Å². The van der Waals surface area contributed by atoms with Gasteiger partial charge in [-0.3, -0.25) is 13.8 Å². The molecule has 0 rings (SSSR count). The summed E-state index contributed by atoms with van der Waals surface area (Å²) >= 11 is 0. The molecule has 222 valence electrons. The fourth-order valence-corrected chi connectivity index (χ4v) is 4.78. The Bertz CT molecular complexity index is 600. The van der Waals surface area contributed by atoms with Gasteiger partial charge in [-0.2, -0.15) is 0 Å². The van der Waals surface area contributed by atoms with Crippen LogP contribution in [0, 0.1) is 0 Å². The van der Waals surface area contributed by atoms with Gasteiger partial charge < -0.3 is 19.4 Å². The lowest BCUT2D eigenvalue weighted by molar-refractivity contribution is -0.870. The Balaban J connectivity index is 4.61. The van der Waals surface area contributed by atoms with Crippen LogP contribution in [0.25, 0.3) is 0 Å². The van der Waals surface area contributed by atoms with Crippen molar-refractivity contribution in [3.8, 4) is 0 Å². The minimum atomic E-state index is -4.36. The molecule has 0 radical (unpaired) electrons. The first-order valence-corrected chi connectivity index (χ1v) is 16.4. The molecule has 1 amide bonds. The Labute approximate surface area is 228 Å². The van der Waals surface area contributed by atoms with Crippen LogP contribution in [0.1, 0.15) is 124 Å². The fraction of sp³-hybridized carbons (Fsp3) is 0.964. The Morgan fingerprint density at radius 1 is 0.811 bits per heavy atom. The summed E-state index contributed by atoms with van der Waals surface area (Å²) in [6.45, 7) is 7.31. The topological polar surface area (TPSA) is 94.1 Å². The Kier molecular flexibility index (Phi) is 22.0. The van der Waals surface area contributed by atoms with E-state index in [4.69, 9.17) is 13.8 Å². The number of nitrogens with one attached hydrogen (secondary N) is 1. The van der Waals surface area contributed by atoms with E-state index in [1.165, 1.54) is 64.2 Å². The third kappa shape index (κ3) is 24.3. The van der Waals surface area contributed by atoms with Crippen LogP contribution in [0.15, 0.2) is 0 Å². The van der Waals surface area contributed by atoms with Crippen LogP contribution in [0.3, 0.4) is 0 Å². The van der Waals surface area contributed by atoms with Gasteiger partial charge in [-0.25, -0.2) is 4.57 Å². The number of unbranched alkanes of at least 4 members (excludes halogenated alkanes) is 13. The summed E-state index contributed by atoms with van der Waals surface area (Å²) in [6.07, 6.45) is 16.1. The van der Waals surface area contributed by atoms with Crippen molar-refractivity contribution in [2.75, 3.05) is 40.9 Å². The number of hydrogen-bond donors (Lipinski definition) is 2. The number of ether oxygens (including phenoxy) is 1. The van der Waals surface area contributed by atoms with Gasteiger partial charge in [0.05, 0.1) is 27.2 Å². The zero-order valence-electron chi connectivity index (χ0n) is 25.0. The molecule has 0 aromatic heterocycles. The normalized spacial score (nSPS) is 15.3. The molecule has 0 spiro atoms. The van der Waals surface area contributed by atoms with Crippen molar-refractivity contribution in [1.29, 1.82) is 0 Å². The predicted molar refractivity (Wildman–Crippen MR) is 152 cm³/mol. The molecule has 2 N–H and O–H groups in total. The summed E-state index contributed by atoms with van der Waals surface area (Å²) in [5, 5.41) is 2.77. The molecule has 0 heterocycles. The summed E-state index contributed by atoms with van der Waals surface area (Å²) < 4.78 is 29.7. The molecule has 0 aromatic rings. The first-order valence-electron chi connectivity index (χ1n) is 14.9. The maximum atomic E-state index is 12.6. The first-order chi connectivity index (χ1) is 17.5. The van der Waals surface area contributed by atoms with Crippen LogP contribution in [-0.4, -0.2) is 68.5 Å². The summed E-state index contributed by atoms with van der Waals surface area (Å²) in [4.78, 5) is 22.9. The fourth-order valence-electron chi connectivity index (χ4n) is 3.90. The molecule has 0 aromatic carbocycles. The molecule has 0 saturated carbocycles. The Hall–Kier alpha value is -0.500. The van der Waals surface area contributed by atoms with Gasteiger partial charge in [-0.15, -0.1) is 0 Å². The van der Waals surface area contributed by atoms with E-state index in [-0.39, 0.29) is 12.5 Å². The predicted octanol–water partition coefficient (Wildman–Crippen LogP) is 6.96. The molecule has 0 aliphatic rings. The molecular weight excluding hydrogens is 491 g/mol. The first kappa shape index (κ1) is 36.5. The SMILES string of the molecule is CCCCCCCCCCCC(=O)NC(OP(=O)(O)OCC[N+](C)(C)C)C(C)OCCCCCCCC. The number of carbonyl (C=O) groups excluding carboxylic acids is 1. The largest absolute Gasteiger partial charge is 0.474 e. The lowest BCUT2D eigenvalue weighted by Crippen LogP contribution is -2.45. The lowest BCUT2D eigenvalue weighted by Gasteiger charge is -2.28. The number of nitrogens with zero attached hydrogens (tertiary/aromatic N) is 1. The number of rotatable bonds is 26. The standard InChI is InChI=1S/C28H59N2O6P/c1-7-9-11-13-15-16-17-18-20-22-27(31)29-28(26(3)34-24-21-19-14-12-10-8-2)36-37(32,33)35-25-23-30(4,5)6/h26,28H,7-25H2,1-6H3,(H-,29,31,32,33)/p+1. The van der Waals surface area contributed by atoms with Gasteiger partial charge in [0.25, 0.3) is 0 Å². The van der Waals surface area contributed by atoms with Gasteiger partial charge >= 0.3 is 7.82 Å². The monoisotopic (exact) mass is 551 g/mol. The van der Waals surface area contributed by atoms with E-state index in [1.807, 2.05) is 21.1 Å². The van der Waals surface area contributed by atoms with Crippen molar-refractivity contribution >= 4 is 13.7 Å². The van der Waals surface area contributed by atoms with Crippen molar-refractivity contribution in [2.24, 2.45) is 0 Å². The Morgan fingerprint density at radius 3 is 1.81 bits per heavy atom. The lowest BCUT2D eigenvalue weighted by atomic mass is 10.1. The minimum Gasteiger partial charge on any atom is -0.374 e. The van der Waals surface area contributed by atoms with E-state index in [2.05, 4.69) is 19.2 Å². The molecule has 0 fully saturated rings. The highest BCUT2D eigenvalue weighted by molar-refractivity contribution is 7.47. The Morgan fingerprint density at radius 2 is 1.30 bits per heavy atom. The third-order valence-electron chi connectivity index (χ3n) is 6.38. The van der Waals surface area contributed by atoms with Gasteiger partial charge in [-0.05, 0) is 19.8 Å². The second kappa shape index (κ2) is 22.3. The summed E-state index contributed by atoms with van der Waals surface area (Å²) in [7, 11) is 1.56. The van der Waals surface area contributed by atoms with Gasteiger partial charge in [0, 0.05) is 13.0 Å². The number of phosphoric ester groups is 1. The van der Waals surface area contributed by atoms with Gasteiger partial charge in [0.1, 0.15) is 13.2 Å². The maximum Gasteiger partial charge on any atom is 0.474 e. The second-order valence-corrected chi connectivity index (χ2v) is 12.7. The smallest absolute Gasteiger partial charge is 0.374 e. The van der Waals surface area contributed by atoms with Crippen molar-refractivity contribution in [2.45, 2.75) is 136 Å². The molecule has 9 heteroatoms. The number of likely N-dealkylation sites (N-methyl/N-ethyl adjacent to an activating group) is 1. The van der Waals surface area contributed by atoms with Crippen LogP contribution in [0.5, 0.6) is 0 Å². The van der Waals surface area contributed by atoms with Gasteiger partial charge in [-0.1, -0.05) is 97.3 Å². The number of carbonyl (C=O) groups is 1. The summed E-state index contributed by atoms with van der Waals surface area (Å²) in [5.74, 6) is -0.200. The highest BCUT2D eigenvalue weighted by Crippen LogP contribution is 2.44. The van der Waals surface area contributed by atoms with Crippen LogP contribution >= 0.6 is 7.82 Å². The molecule has 37 heavy (non-hydrogen) atoms. The molecule has 3 atom stereocenters. The summed E-state index contributed by atoms with van der Waals surface area (Å²) in [5.41, 5.74) is 0. The van der Waals surface area contributed by atoms with Crippen LogP contribution in [0.4, 0.5) is 0 Å². The molecule has 0 bridgehead atoms. The van der Waals surface area contributed by atoms with Crippen LogP contribution in [0.2, 0.25) is 0 Å². The van der Waals surface area contributed by atoms with Crippen molar-refractivity contribution < 1.29 is 32.5 Å². The van der Waals surface area contributed by atoms with Gasteiger partial charge in [0.2, 0.25) is 5.91 Å². The van der Waals surface area contributed by atoms with Crippen LogP contribution in [-0.2, 0) is 23.1 Å².